The number of carboxylic acids is 1. The summed E-state index contributed by atoms with van der Waals surface area (Å²) in [5.74, 6) is 1.14. The van der Waals surface area contributed by atoms with Gasteiger partial charge in [-0.25, -0.2) is 19.2 Å². The fourth-order valence-electron chi connectivity index (χ4n) is 32.7. The van der Waals surface area contributed by atoms with Crippen molar-refractivity contribution in [1.82, 2.24) is 0 Å². The van der Waals surface area contributed by atoms with Gasteiger partial charge in [-0.2, -0.15) is 0 Å². The van der Waals surface area contributed by atoms with E-state index in [9.17, 15) is 39.6 Å². The summed E-state index contributed by atoms with van der Waals surface area (Å²) in [6.07, 6.45) is 10.4. The average molecular weight is 2030 g/mol. The number of rotatable bonds is 12. The van der Waals surface area contributed by atoms with Gasteiger partial charge >= 0.3 is 62.5 Å². The molecule has 5 N–H and O–H groups in total. The van der Waals surface area contributed by atoms with Gasteiger partial charge in [0.1, 0.15) is 131 Å². The Kier molecular flexibility index (Phi) is 19.1. The second-order valence-corrected chi connectivity index (χ2v) is 54.4. The van der Waals surface area contributed by atoms with Crippen molar-refractivity contribution in [2.24, 2.45) is 69.0 Å². The molecule has 126 heavy (non-hydrogen) atoms. The number of carbonyl (C=O) groups excluding carboxylic acids is 4. The Hall–Kier alpha value is -2.19. The molecular weight excluding hydrogens is 1900 g/mol. The molecule has 0 aromatic heterocycles. The van der Waals surface area contributed by atoms with Crippen LogP contribution in [0.2, 0.25) is 0 Å². The molecule has 28 aliphatic rings. The molecule has 0 aromatic carbocycles. The zero-order valence-corrected chi connectivity index (χ0v) is 83.4. The Morgan fingerprint density at radius 1 is 0.444 bits per heavy atom. The number of hydrogen-bond donors (Lipinski definition) is 5. The van der Waals surface area contributed by atoms with Crippen LogP contribution in [-0.4, -0.2) is 281 Å². The summed E-state index contributed by atoms with van der Waals surface area (Å²) in [6, 6.07) is 0. The first kappa shape index (κ1) is 89.0. The molecule has 0 amide bonds. The summed E-state index contributed by atoms with van der Waals surface area (Å²) in [4.78, 5) is 58.7. The summed E-state index contributed by atoms with van der Waals surface area (Å²) in [7, 11) is 9.97. The topological polar surface area (TPSA) is 392 Å². The van der Waals surface area contributed by atoms with Crippen LogP contribution in [0.4, 0.5) is 0 Å². The van der Waals surface area contributed by atoms with Crippen LogP contribution in [0.3, 0.4) is 0 Å². The van der Waals surface area contributed by atoms with Crippen LogP contribution in [0.15, 0.2) is 44.6 Å². The molecule has 12 saturated heterocycles. The number of aliphatic carboxylic acids is 1. The monoisotopic (exact) mass is 2020 g/mol. The number of cyclic esters (lactones) is 4. The van der Waals surface area contributed by atoms with Crippen molar-refractivity contribution in [2.45, 2.75) is 390 Å². The molecule has 33 heteroatoms. The molecule has 8 spiro atoms. The van der Waals surface area contributed by atoms with Gasteiger partial charge in [-0.3, -0.25) is 4.79 Å². The van der Waals surface area contributed by atoms with E-state index in [1.165, 1.54) is 5.57 Å². The van der Waals surface area contributed by atoms with E-state index in [0.29, 0.717) is 56.2 Å². The molecule has 16 aliphatic heterocycles. The average Bonchev–Trinajstić information content (AvgIpc) is 1.42. The number of esters is 4. The second kappa shape index (κ2) is 27.0. The molecule has 8 saturated carbocycles. The van der Waals surface area contributed by atoms with E-state index in [1.807, 2.05) is 6.26 Å². The predicted octanol–water partition coefficient (Wildman–Crippen LogP) is 9.48. The van der Waals surface area contributed by atoms with E-state index in [-0.39, 0.29) is 191 Å². The molecule has 28 rings (SSSR count). The van der Waals surface area contributed by atoms with Crippen molar-refractivity contribution in [3.63, 3.8) is 0 Å². The Morgan fingerprint density at radius 3 is 1.02 bits per heavy atom. The van der Waals surface area contributed by atoms with Gasteiger partial charge in [-0.1, -0.05) is 90.5 Å². The Labute approximate surface area is 763 Å². The van der Waals surface area contributed by atoms with Gasteiger partial charge in [-0.15, -0.1) is 23.5 Å². The second-order valence-electron chi connectivity index (χ2n) is 44.9. The van der Waals surface area contributed by atoms with E-state index in [0.717, 1.165) is 104 Å². The molecular formula is C93H124Cl2HgO28S2. The molecule has 692 valence electrons. The third-order valence-corrected chi connectivity index (χ3v) is 39.2. The molecule has 12 aliphatic carbocycles. The number of carbonyl (C=O) groups is 5. The normalized spacial score (nSPS) is 55.2. The van der Waals surface area contributed by atoms with E-state index < -0.39 is 114 Å². The Morgan fingerprint density at radius 2 is 0.714 bits per heavy atom. The summed E-state index contributed by atoms with van der Waals surface area (Å²) in [5.41, 5.74) is -1.61. The molecule has 38 atom stereocenters. The number of fused-ring (bicyclic) bond motifs is 16. The van der Waals surface area contributed by atoms with Crippen molar-refractivity contribution in [2.75, 3.05) is 37.6 Å². The van der Waals surface area contributed by atoms with E-state index in [4.69, 9.17) is 112 Å². The molecule has 0 bridgehead atoms. The van der Waals surface area contributed by atoms with Gasteiger partial charge in [0.25, 0.3) is 5.97 Å². The molecule has 0 radical (unpaired) electrons. The van der Waals surface area contributed by atoms with Crippen LogP contribution in [0.5, 0.6) is 0 Å². The summed E-state index contributed by atoms with van der Waals surface area (Å²) >= 11 is 2.23. The zero-order chi connectivity index (χ0) is 88.7. The van der Waals surface area contributed by atoms with Crippen molar-refractivity contribution in [3.05, 3.63) is 44.6 Å². The van der Waals surface area contributed by atoms with Gasteiger partial charge in [-0.05, 0) is 187 Å². The van der Waals surface area contributed by atoms with Gasteiger partial charge in [0, 0.05) is 50.9 Å². The predicted molar refractivity (Wildman–Crippen MR) is 445 cm³/mol. The maximum absolute atomic E-state index is 12.8. The molecule has 2 unspecified atom stereocenters. The van der Waals surface area contributed by atoms with Gasteiger partial charge < -0.3 is 111 Å². The summed E-state index contributed by atoms with van der Waals surface area (Å²) in [5, 5.41) is 52.1. The summed E-state index contributed by atoms with van der Waals surface area (Å²) < 4.78 is 113. The first-order chi connectivity index (χ1) is 58.8. The first-order valence-electron chi connectivity index (χ1n) is 46.0. The molecule has 16 heterocycles. The third kappa shape index (κ3) is 9.90. The third-order valence-electron chi connectivity index (χ3n) is 38.4. The molecule has 20 fully saturated rings. The molecule has 0 aromatic rings. The van der Waals surface area contributed by atoms with Crippen LogP contribution in [-0.2, 0) is 131 Å². The van der Waals surface area contributed by atoms with Crippen LogP contribution in [0.25, 0.3) is 0 Å². The van der Waals surface area contributed by atoms with E-state index in [2.05, 4.69) is 89.3 Å². The summed E-state index contributed by atoms with van der Waals surface area (Å²) in [6.45, 7) is 35.2. The van der Waals surface area contributed by atoms with Gasteiger partial charge in [0.05, 0.1) is 47.5 Å². The number of aliphatic hydroxyl groups excluding tert-OH is 2. The minimum absolute atomic E-state index is 0. The fourth-order valence-corrected chi connectivity index (χ4v) is 33.3. The van der Waals surface area contributed by atoms with Crippen molar-refractivity contribution >= 4 is 69.9 Å². The van der Waals surface area contributed by atoms with E-state index >= 15 is 0 Å². The van der Waals surface area contributed by atoms with Gasteiger partial charge in [0.15, 0.2) is 34.6 Å². The standard InChI is InChI=1S/C25H34O7S.C23H30O7.C22H28O6S.C20H24O6.C2H4O2.CH4.2ClH.Hg/c1-11(2)23-17(31-23)18-25(32-18)22(5)8-7-12-15(16(21(3,4)27)29-19(12)26)13(22)9-14-24(25,30-14)20(23)28-10-33-6;1-9(2)21-15(29-21)16-23(30-16)20(5)7-6-10-13(14(19(3,4)26)27-17(10)24)11(20)8-12-22(23,28-12)18(21)25;1-10(2)20-15(27-20)16-22(28-16)19(3)6-5-11-12(8-24-17(11)23)13(19)7-14-21(22,26-14)18(20)25-9-29-4;1-8(2)18-13(25-18)14-20(26-14)17(3)5-4-9-10(7-23-15(9)21)11(17)6-12-19(20,24-12)16(18)22;1-2(3)4;;;;/h11,13-14,16-18,20,27H,7-10H2,1-6H3;9,11-12,14-16,18,25-26H,6-8H2,1-5H3;10,13-16,18H,5-9H2,1-4H3;8,11-14,16,22H,4-7H2,1-3H3;1H3,(H,3,4);1H4;2*1H;/q;;;;;;;;+2/p-2/t13-,14-,16?,17-,18-,20+,22-,23-,24+,25+;11-,12-,14?,15-,16-,18+,20-,21-,22+,23+;13-,14-,15-,16-,18+,19-,20-,21+,22+;11-,12-,13-,14-,16+,17-,18-,19+,20+;;;;;/m0000...../s1. The maximum atomic E-state index is 12.8. The van der Waals surface area contributed by atoms with E-state index in [1.54, 1.807) is 51.2 Å². The van der Waals surface area contributed by atoms with Crippen molar-refractivity contribution < 1.29 is 157 Å². The Bertz CT molecular complexity index is 4930. The zero-order valence-electron chi connectivity index (χ0n) is 74.7. The molecule has 28 nitrogen and oxygen atoms in total. The minimum atomic E-state index is -1.16. The van der Waals surface area contributed by atoms with Crippen LogP contribution < -0.4 is 0 Å². The number of thioether (sulfide) groups is 2. The number of aliphatic hydroxyl groups is 4. The Balaban J connectivity index is 0.0000000969. The SMILES string of the molecule is C.CC(=O)O.CC(C)[C@]12O[C@H]1[C@@H]1O[C@]13[C@]1(O[C@H]1C[C@H]1C4=C(CC[C@@]13C)C(=O)OC4)[C@@H]2O.CC(C)[C@]12O[C@H]1[C@@H]1O[C@]13[C@]1(O[C@H]1C[C@H]1C4=C(CC[C@@]13C)C(=O)OC4C(C)(C)O)[C@@H]2O.CSCO[C@@H]1[C@@]2(C(C)C)O[C@H]2[C@@H]2O[C@]23[C@]12O[C@H]2C[C@H]1C2=C(CC[C@@]13C)C(=O)OC2.CSCO[C@@H]1[C@@]2(C(C)C)O[C@H]2[C@@H]2O[C@]23[C@]12O[C@H]2C[C@H]1C2=C(CC[C@@]13C)C(=O)OC2C(C)(C)O.[Cl][Hg][Cl]. The number of carboxylic acid groups (broad SMARTS) is 1. The number of ether oxygens (including phenoxy) is 18. The van der Waals surface area contributed by atoms with Crippen molar-refractivity contribution in [3.8, 4) is 0 Å². The van der Waals surface area contributed by atoms with Crippen LogP contribution in [0, 0.1) is 69.0 Å². The first-order valence-corrected chi connectivity index (χ1v) is 62.3. The van der Waals surface area contributed by atoms with Crippen LogP contribution >= 0.6 is 40.0 Å². The number of epoxide rings is 12. The van der Waals surface area contributed by atoms with Crippen molar-refractivity contribution in [1.29, 1.82) is 0 Å². The number of hydrogen-bond acceptors (Lipinski definition) is 29. The van der Waals surface area contributed by atoms with Crippen LogP contribution in [0.1, 0.15) is 202 Å². The quantitative estimate of drug-likeness (QED) is 0.0399. The fraction of sp³-hybridized carbons (Fsp3) is 0.860. The number of halogens is 2. The van der Waals surface area contributed by atoms with Gasteiger partial charge in [0.2, 0.25) is 0 Å².